The number of nitrogens with two attached hydrogens (primary N) is 1. The lowest BCUT2D eigenvalue weighted by Crippen LogP contribution is -2.46. The van der Waals surface area contributed by atoms with Crippen molar-refractivity contribution in [3.05, 3.63) is 85.6 Å². The molecule has 24 nitrogen and oxygen atoms in total. The predicted molar refractivity (Wildman–Crippen MR) is 265 cm³/mol. The summed E-state index contributed by atoms with van der Waals surface area (Å²) in [6, 6.07) is 0. The maximum Gasteiger partial charge on any atom is 0.481 e. The summed E-state index contributed by atoms with van der Waals surface area (Å²) in [5.41, 5.74) is 4.27. The number of hydrogen-bond acceptors (Lipinski definition) is 18. The van der Waals surface area contributed by atoms with Crippen LogP contribution in [0.4, 0.5) is 5.82 Å². The highest BCUT2D eigenvalue weighted by molar-refractivity contribution is 8.14. The largest absolute Gasteiger partial charge is 0.481 e. The molecule has 71 heavy (non-hydrogen) atoms. The van der Waals surface area contributed by atoms with Gasteiger partial charge in [-0.2, -0.15) is 4.31 Å². The summed E-state index contributed by atoms with van der Waals surface area (Å²) in [5.74, 6) is -1.15. The van der Waals surface area contributed by atoms with Gasteiger partial charge in [0.25, 0.3) is 0 Å². The van der Waals surface area contributed by atoms with Gasteiger partial charge in [0.05, 0.1) is 19.5 Å². The van der Waals surface area contributed by atoms with Crippen LogP contribution in [-0.4, -0.2) is 123 Å². The second-order valence-electron chi connectivity index (χ2n) is 16.3. The van der Waals surface area contributed by atoms with Crippen LogP contribution < -0.4 is 16.4 Å². The van der Waals surface area contributed by atoms with Gasteiger partial charge < -0.3 is 50.9 Å². The van der Waals surface area contributed by atoms with Gasteiger partial charge in [-0.15, -0.1) is 0 Å². The number of amides is 2. The van der Waals surface area contributed by atoms with Crippen LogP contribution in [0.1, 0.15) is 84.8 Å². The number of allylic oxidation sites excluding steroid dienone is 11. The maximum absolute atomic E-state index is 12.7. The van der Waals surface area contributed by atoms with Crippen molar-refractivity contribution in [2.45, 2.75) is 109 Å². The Hall–Kier alpha value is -4.00. The molecule has 2 unspecified atom stereocenters. The second kappa shape index (κ2) is 30.9. The lowest BCUT2D eigenvalue weighted by molar-refractivity contribution is -0.137. The van der Waals surface area contributed by atoms with E-state index < -0.39 is 84.6 Å². The van der Waals surface area contributed by atoms with Crippen LogP contribution in [0.3, 0.4) is 0 Å². The number of hydrogen-bond donors (Lipinski definition) is 9. The van der Waals surface area contributed by atoms with Crippen LogP contribution >= 0.6 is 35.2 Å². The molecule has 2 amide bonds. The number of unbranched alkanes of at least 4 members (excludes halogenated alkanes) is 2. The van der Waals surface area contributed by atoms with Crippen molar-refractivity contribution in [3.63, 3.8) is 0 Å². The number of imidazole rings is 1. The molecule has 28 heteroatoms. The smallest absolute Gasteiger partial charge is 0.386 e. The fourth-order valence-corrected chi connectivity index (χ4v) is 9.66. The molecule has 1 aliphatic heterocycles. The molecule has 2 aromatic heterocycles. The molecule has 0 spiro atoms. The van der Waals surface area contributed by atoms with E-state index in [2.05, 4.69) is 102 Å². The molecule has 7 atom stereocenters. The topological polar surface area (TPSA) is 364 Å². The number of anilines is 1. The maximum atomic E-state index is 12.7. The van der Waals surface area contributed by atoms with Gasteiger partial charge in [-0.3, -0.25) is 32.5 Å². The highest BCUT2D eigenvalue weighted by atomic mass is 32.2. The van der Waals surface area contributed by atoms with Gasteiger partial charge >= 0.3 is 23.5 Å². The summed E-state index contributed by atoms with van der Waals surface area (Å²) in [6.07, 6.45) is 25.2. The van der Waals surface area contributed by atoms with Crippen molar-refractivity contribution in [2.75, 3.05) is 37.8 Å². The molecule has 3 heterocycles. The van der Waals surface area contributed by atoms with E-state index in [0.29, 0.717) is 5.75 Å². The summed E-state index contributed by atoms with van der Waals surface area (Å²) in [7, 11) is -16.4. The molecule has 0 radical (unpaired) electrons. The normalized spacial score (nSPS) is 20.3. The number of aliphatic hydroxyl groups excluding tert-OH is 2. The number of carbonyl (C=O) groups is 3. The zero-order valence-electron chi connectivity index (χ0n) is 39.7. The minimum atomic E-state index is -5.58. The van der Waals surface area contributed by atoms with Gasteiger partial charge in [0, 0.05) is 30.7 Å². The van der Waals surface area contributed by atoms with Crippen LogP contribution in [0.15, 0.2) is 85.6 Å². The first-order chi connectivity index (χ1) is 33.6. The van der Waals surface area contributed by atoms with Gasteiger partial charge in [-0.25, -0.2) is 28.6 Å². The molecule has 1 fully saturated rings. The first-order valence-corrected chi connectivity index (χ1v) is 28.0. The summed E-state index contributed by atoms with van der Waals surface area (Å²) in [6.45, 7) is 2.58. The molecule has 0 aromatic carbocycles. The SMILES string of the molecule is CC/C=C\C/C=C\C/C=C\C/C=C\C/C=C\CCC/C=C/C(=O)SCCNC(=O)CCNC(=O)[C@H](O)C(C)(C)COP(=O)(O)OP(=O)(O)OC[C@H]1O[C@@H](n2cnc3c(N)ncnc32)[C@H](O)[C@@H]1OP(=O)(O)O. The van der Waals surface area contributed by atoms with E-state index in [1.54, 1.807) is 0 Å². The Balaban J connectivity index is 1.30. The van der Waals surface area contributed by atoms with Crippen molar-refractivity contribution in [1.82, 2.24) is 30.2 Å². The number of carbonyl (C=O) groups excluding carboxylic acids is 3. The number of nitrogen functional groups attached to an aromatic ring is 1. The summed E-state index contributed by atoms with van der Waals surface area (Å²) < 4.78 is 62.4. The van der Waals surface area contributed by atoms with Crippen LogP contribution in [0.5, 0.6) is 0 Å². The molecular formula is C43H66N7O17P3S. The average molecular weight is 1080 g/mol. The van der Waals surface area contributed by atoms with E-state index in [1.807, 2.05) is 6.08 Å². The lowest BCUT2D eigenvalue weighted by atomic mass is 9.87. The zero-order chi connectivity index (χ0) is 52.5. The number of aliphatic hydroxyl groups is 2. The quantitative estimate of drug-likeness (QED) is 0.0193. The Kier molecular flexibility index (Phi) is 26.7. The molecular weight excluding hydrogens is 1010 g/mol. The van der Waals surface area contributed by atoms with Gasteiger partial charge in [0.15, 0.2) is 17.7 Å². The third-order valence-corrected chi connectivity index (χ3v) is 13.8. The second-order valence-corrected chi connectivity index (χ2v) is 21.6. The van der Waals surface area contributed by atoms with Crippen LogP contribution in [-0.2, 0) is 50.7 Å². The van der Waals surface area contributed by atoms with Crippen molar-refractivity contribution in [3.8, 4) is 0 Å². The van der Waals surface area contributed by atoms with E-state index in [9.17, 15) is 57.9 Å². The number of nitrogens with one attached hydrogen (secondary N) is 2. The van der Waals surface area contributed by atoms with Gasteiger partial charge in [0.2, 0.25) is 16.9 Å². The summed E-state index contributed by atoms with van der Waals surface area (Å²) in [5, 5.41) is 26.4. The minimum Gasteiger partial charge on any atom is -0.386 e. The van der Waals surface area contributed by atoms with Crippen LogP contribution in [0, 0.1) is 5.41 Å². The first kappa shape index (κ1) is 61.3. The number of nitrogens with zero attached hydrogens (tertiary/aromatic N) is 4. The molecule has 2 aromatic rings. The predicted octanol–water partition coefficient (Wildman–Crippen LogP) is 5.14. The zero-order valence-corrected chi connectivity index (χ0v) is 43.2. The molecule has 3 rings (SSSR count). The van der Waals surface area contributed by atoms with Crippen molar-refractivity contribution >= 4 is 69.1 Å². The van der Waals surface area contributed by atoms with Gasteiger partial charge in [0.1, 0.15) is 36.3 Å². The number of rotatable bonds is 33. The third-order valence-electron chi connectivity index (χ3n) is 9.90. The van der Waals surface area contributed by atoms with E-state index >= 15 is 0 Å². The number of ether oxygens (including phenoxy) is 1. The summed E-state index contributed by atoms with van der Waals surface area (Å²) >= 11 is 1.04. The number of thioether (sulfide) groups is 1. The van der Waals surface area contributed by atoms with Crippen molar-refractivity contribution in [1.29, 1.82) is 0 Å². The Morgan fingerprint density at radius 1 is 0.873 bits per heavy atom. The molecule has 1 aliphatic rings. The van der Waals surface area contributed by atoms with E-state index in [4.69, 9.17) is 19.5 Å². The van der Waals surface area contributed by atoms with E-state index in [1.165, 1.54) is 19.9 Å². The van der Waals surface area contributed by atoms with Crippen molar-refractivity contribution < 1.29 is 80.5 Å². The molecule has 0 saturated carbocycles. The van der Waals surface area contributed by atoms with Gasteiger partial charge in [-0.05, 0) is 57.4 Å². The Labute approximate surface area is 416 Å². The first-order valence-electron chi connectivity index (χ1n) is 22.5. The summed E-state index contributed by atoms with van der Waals surface area (Å²) in [4.78, 5) is 88.3. The fraction of sp³-hybridized carbons (Fsp3) is 0.535. The van der Waals surface area contributed by atoms with E-state index in [-0.39, 0.29) is 41.6 Å². The number of phosphoric ester groups is 3. The molecule has 1 saturated heterocycles. The van der Waals surface area contributed by atoms with Gasteiger partial charge in [-0.1, -0.05) is 99.4 Å². The van der Waals surface area contributed by atoms with Crippen molar-refractivity contribution in [2.24, 2.45) is 5.41 Å². The van der Waals surface area contributed by atoms with Crippen LogP contribution in [0.2, 0.25) is 0 Å². The number of phosphoric acid groups is 3. The highest BCUT2D eigenvalue weighted by Crippen LogP contribution is 2.61. The fourth-order valence-electron chi connectivity index (χ4n) is 6.23. The standard InChI is InChI=1S/C43H66N7O17P3S/c1-4-5-6-7-8-9-10-11-12-13-14-15-16-17-18-19-20-21-22-23-34(52)71-27-26-45-33(51)24-25-46-41(55)38(54)43(2,3)29-64-70(61,62)67-69(59,60)63-28-32-37(66-68(56,57)58)36(53)42(65-32)50-31-49-35-39(44)47-30-48-40(35)50/h5-6,8-9,11-12,14-15,17-18,22-23,30-32,36-38,42,53-54H,4,7,10,13,16,19-21,24-29H2,1-3H3,(H,45,51)(H,46,55)(H,59,60)(H,61,62)(H2,44,47,48)(H2,56,57,58)/b6-5-,9-8-,12-11-,15-14-,18-17-,23-22+/t32-,36-,37-,38+,42-/m1/s1. The molecule has 396 valence electrons. The highest BCUT2D eigenvalue weighted by Gasteiger charge is 2.50. The Morgan fingerprint density at radius 3 is 2.11 bits per heavy atom. The Morgan fingerprint density at radius 2 is 1.48 bits per heavy atom. The lowest BCUT2D eigenvalue weighted by Gasteiger charge is -2.30. The van der Waals surface area contributed by atoms with E-state index in [0.717, 1.165) is 80.4 Å². The Bertz CT molecular complexity index is 2360. The third kappa shape index (κ3) is 23.6. The van der Waals surface area contributed by atoms with Crippen LogP contribution in [0.25, 0.3) is 11.2 Å². The molecule has 0 bridgehead atoms. The number of fused-ring (bicyclic) bond motifs is 1. The number of aromatic nitrogens is 4. The monoisotopic (exact) mass is 1080 g/mol. The molecule has 0 aliphatic carbocycles. The minimum absolute atomic E-state index is 0.0290. The molecule has 10 N–H and O–H groups in total. The average Bonchev–Trinajstić information content (AvgIpc) is 3.86.